The smallest absolute Gasteiger partial charge is 0.171 e. The van der Waals surface area contributed by atoms with E-state index in [1.54, 1.807) is 14.2 Å². The molecular formula is C13H18N4O2. The van der Waals surface area contributed by atoms with Crippen molar-refractivity contribution in [1.29, 1.82) is 0 Å². The zero-order chi connectivity index (χ0) is 13.8. The second kappa shape index (κ2) is 5.71. The maximum absolute atomic E-state index is 6.16. The summed E-state index contributed by atoms with van der Waals surface area (Å²) in [5.74, 6) is 2.71. The molecule has 2 aromatic rings. The highest BCUT2D eigenvalue weighted by Crippen LogP contribution is 2.30. The van der Waals surface area contributed by atoms with Crippen molar-refractivity contribution in [2.24, 2.45) is 5.73 Å². The Balaban J connectivity index is 2.30. The number of nitrogens with zero attached hydrogens (tertiary/aromatic N) is 2. The minimum absolute atomic E-state index is 0.392. The molecule has 6 heteroatoms. The van der Waals surface area contributed by atoms with Crippen LogP contribution in [0, 0.1) is 0 Å². The van der Waals surface area contributed by atoms with Crippen LogP contribution in [0.4, 0.5) is 0 Å². The summed E-state index contributed by atoms with van der Waals surface area (Å²) in [7, 11) is 3.19. The number of H-pyrrole nitrogens is 1. The lowest BCUT2D eigenvalue weighted by atomic mass is 10.1. The van der Waals surface area contributed by atoms with E-state index in [9.17, 15) is 0 Å². The van der Waals surface area contributed by atoms with Crippen LogP contribution in [-0.2, 0) is 6.42 Å². The second-order valence-corrected chi connectivity index (χ2v) is 4.09. The van der Waals surface area contributed by atoms with Gasteiger partial charge in [-0.1, -0.05) is 13.0 Å². The van der Waals surface area contributed by atoms with Crippen molar-refractivity contribution in [1.82, 2.24) is 15.2 Å². The summed E-state index contributed by atoms with van der Waals surface area (Å²) in [4.78, 5) is 4.34. The number of aryl methyl sites for hydroxylation is 1. The first-order chi connectivity index (χ1) is 9.19. The largest absolute Gasteiger partial charge is 0.493 e. The molecule has 102 valence electrons. The number of ether oxygens (including phenoxy) is 2. The van der Waals surface area contributed by atoms with Crippen LogP contribution in [0.2, 0.25) is 0 Å². The molecule has 3 N–H and O–H groups in total. The Labute approximate surface area is 111 Å². The van der Waals surface area contributed by atoms with Crippen LogP contribution in [0.3, 0.4) is 0 Å². The number of aromatic amines is 1. The molecule has 19 heavy (non-hydrogen) atoms. The van der Waals surface area contributed by atoms with Gasteiger partial charge in [-0.3, -0.25) is 5.10 Å². The third kappa shape index (κ3) is 2.68. The van der Waals surface area contributed by atoms with Crippen LogP contribution in [0.15, 0.2) is 18.2 Å². The molecule has 0 saturated carbocycles. The van der Waals surface area contributed by atoms with Gasteiger partial charge in [0.25, 0.3) is 0 Å². The van der Waals surface area contributed by atoms with Crippen molar-refractivity contribution in [3.8, 4) is 11.5 Å². The molecule has 0 bridgehead atoms. The van der Waals surface area contributed by atoms with Gasteiger partial charge >= 0.3 is 0 Å². The molecule has 0 aliphatic rings. The number of hydrogen-bond donors (Lipinski definition) is 2. The quantitative estimate of drug-likeness (QED) is 0.851. The van der Waals surface area contributed by atoms with E-state index in [4.69, 9.17) is 15.2 Å². The van der Waals surface area contributed by atoms with Crippen molar-refractivity contribution in [2.75, 3.05) is 14.2 Å². The fourth-order valence-corrected chi connectivity index (χ4v) is 1.80. The third-order valence-electron chi connectivity index (χ3n) is 2.93. The molecule has 0 spiro atoms. The molecule has 0 unspecified atom stereocenters. The molecule has 0 aliphatic carbocycles. The summed E-state index contributed by atoms with van der Waals surface area (Å²) >= 11 is 0. The summed E-state index contributed by atoms with van der Waals surface area (Å²) in [5, 5.41) is 6.99. The Morgan fingerprint density at radius 1 is 1.26 bits per heavy atom. The van der Waals surface area contributed by atoms with Crippen molar-refractivity contribution in [2.45, 2.75) is 19.4 Å². The number of nitrogens with two attached hydrogens (primary N) is 1. The van der Waals surface area contributed by atoms with E-state index in [2.05, 4.69) is 15.2 Å². The van der Waals surface area contributed by atoms with Gasteiger partial charge in [-0.05, 0) is 17.7 Å². The Bertz CT molecular complexity index is 553. The number of benzene rings is 1. The van der Waals surface area contributed by atoms with Crippen LogP contribution in [0.1, 0.15) is 30.2 Å². The van der Waals surface area contributed by atoms with E-state index in [-0.39, 0.29) is 0 Å². The van der Waals surface area contributed by atoms with Crippen LogP contribution in [0.5, 0.6) is 11.5 Å². The topological polar surface area (TPSA) is 86.1 Å². The standard InChI is InChI=1S/C13H18N4O2/c1-4-11-15-13(17-16-11)12(14)8-5-6-9(18-2)10(7-8)19-3/h5-7,12H,4,14H2,1-3H3,(H,15,16,17)/t12-/m1/s1. The molecule has 1 aromatic carbocycles. The van der Waals surface area contributed by atoms with Crippen molar-refractivity contribution >= 4 is 0 Å². The monoisotopic (exact) mass is 262 g/mol. The number of rotatable bonds is 5. The first kappa shape index (κ1) is 13.4. The Morgan fingerprint density at radius 3 is 2.58 bits per heavy atom. The number of hydrogen-bond acceptors (Lipinski definition) is 5. The lowest BCUT2D eigenvalue weighted by Gasteiger charge is -2.12. The molecule has 2 rings (SSSR count). The fourth-order valence-electron chi connectivity index (χ4n) is 1.80. The van der Waals surface area contributed by atoms with Gasteiger partial charge in [0.1, 0.15) is 5.82 Å². The molecule has 0 radical (unpaired) electrons. The zero-order valence-electron chi connectivity index (χ0n) is 11.3. The van der Waals surface area contributed by atoms with Gasteiger partial charge in [-0.25, -0.2) is 4.98 Å². The molecule has 1 aromatic heterocycles. The van der Waals surface area contributed by atoms with E-state index in [0.29, 0.717) is 17.3 Å². The first-order valence-electron chi connectivity index (χ1n) is 6.08. The number of nitrogens with one attached hydrogen (secondary N) is 1. The predicted molar refractivity (Wildman–Crippen MR) is 71.3 cm³/mol. The normalized spacial score (nSPS) is 12.2. The maximum atomic E-state index is 6.16. The highest BCUT2D eigenvalue weighted by molar-refractivity contribution is 5.44. The molecular weight excluding hydrogens is 244 g/mol. The van der Waals surface area contributed by atoms with E-state index in [1.807, 2.05) is 25.1 Å². The summed E-state index contributed by atoms with van der Waals surface area (Å²) in [6, 6.07) is 5.15. The Morgan fingerprint density at radius 2 is 2.00 bits per heavy atom. The molecule has 1 atom stereocenters. The Hall–Kier alpha value is -2.08. The second-order valence-electron chi connectivity index (χ2n) is 4.09. The summed E-state index contributed by atoms with van der Waals surface area (Å²) in [6.45, 7) is 2.01. The van der Waals surface area contributed by atoms with Gasteiger partial charge in [0.2, 0.25) is 0 Å². The Kier molecular flexibility index (Phi) is 4.01. The van der Waals surface area contributed by atoms with E-state index in [1.165, 1.54) is 0 Å². The molecule has 6 nitrogen and oxygen atoms in total. The van der Waals surface area contributed by atoms with E-state index < -0.39 is 6.04 Å². The SMILES string of the molecule is CCc1nc([C@H](N)c2ccc(OC)c(OC)c2)n[nH]1. The third-order valence-corrected chi connectivity index (χ3v) is 2.93. The minimum atomic E-state index is -0.392. The van der Waals surface area contributed by atoms with Gasteiger partial charge in [0.05, 0.1) is 20.3 Å². The van der Waals surface area contributed by atoms with Crippen molar-refractivity contribution < 1.29 is 9.47 Å². The van der Waals surface area contributed by atoms with Crippen molar-refractivity contribution in [3.05, 3.63) is 35.4 Å². The average molecular weight is 262 g/mol. The molecule has 0 aliphatic heterocycles. The molecule has 0 fully saturated rings. The summed E-state index contributed by atoms with van der Waals surface area (Å²) in [5.41, 5.74) is 7.03. The summed E-state index contributed by atoms with van der Waals surface area (Å²) in [6.07, 6.45) is 0.797. The lowest BCUT2D eigenvalue weighted by molar-refractivity contribution is 0.354. The van der Waals surface area contributed by atoms with Gasteiger partial charge in [-0.2, -0.15) is 5.10 Å². The van der Waals surface area contributed by atoms with E-state index in [0.717, 1.165) is 17.8 Å². The summed E-state index contributed by atoms with van der Waals surface area (Å²) < 4.78 is 10.5. The van der Waals surface area contributed by atoms with Crippen molar-refractivity contribution in [3.63, 3.8) is 0 Å². The number of methoxy groups -OCH3 is 2. The molecule has 0 amide bonds. The highest BCUT2D eigenvalue weighted by atomic mass is 16.5. The lowest BCUT2D eigenvalue weighted by Crippen LogP contribution is -2.14. The number of aromatic nitrogens is 3. The van der Waals surface area contributed by atoms with Gasteiger partial charge in [0.15, 0.2) is 17.3 Å². The minimum Gasteiger partial charge on any atom is -0.493 e. The molecule has 1 heterocycles. The highest BCUT2D eigenvalue weighted by Gasteiger charge is 2.16. The van der Waals surface area contributed by atoms with Crippen LogP contribution < -0.4 is 15.2 Å². The fraction of sp³-hybridized carbons (Fsp3) is 0.385. The predicted octanol–water partition coefficient (Wildman–Crippen LogP) is 1.43. The van der Waals surface area contributed by atoms with Crippen LogP contribution >= 0.6 is 0 Å². The maximum Gasteiger partial charge on any atom is 0.171 e. The first-order valence-corrected chi connectivity index (χ1v) is 6.08. The molecule has 0 saturated heterocycles. The average Bonchev–Trinajstić information content (AvgIpc) is 2.94. The van der Waals surface area contributed by atoms with Gasteiger partial charge in [-0.15, -0.1) is 0 Å². The zero-order valence-corrected chi connectivity index (χ0v) is 11.3. The van der Waals surface area contributed by atoms with Gasteiger partial charge < -0.3 is 15.2 Å². The van der Waals surface area contributed by atoms with E-state index >= 15 is 0 Å². The van der Waals surface area contributed by atoms with Crippen LogP contribution in [0.25, 0.3) is 0 Å². The van der Waals surface area contributed by atoms with Gasteiger partial charge in [0, 0.05) is 6.42 Å². The van der Waals surface area contributed by atoms with Crippen LogP contribution in [-0.4, -0.2) is 29.4 Å².